The first-order chi connectivity index (χ1) is 27.7. The molecule has 4 fully saturated rings. The highest BCUT2D eigenvalue weighted by Crippen LogP contribution is 2.39. The lowest BCUT2D eigenvalue weighted by molar-refractivity contribution is -0.391. The van der Waals surface area contributed by atoms with Crippen LogP contribution >= 0.6 is 0 Å². The van der Waals surface area contributed by atoms with Crippen LogP contribution in [0.15, 0.2) is 12.7 Å². The number of hydrogen-bond donors (Lipinski definition) is 14. The molecular formula is C34H56N2O23. The van der Waals surface area contributed by atoms with Crippen molar-refractivity contribution >= 4 is 17.8 Å². The zero-order valence-electron chi connectivity index (χ0n) is 32.2. The molecule has 4 heterocycles. The van der Waals surface area contributed by atoms with Crippen LogP contribution in [0.1, 0.15) is 27.2 Å². The topological polar surface area (TPSA) is 392 Å². The fourth-order valence-corrected chi connectivity index (χ4v) is 7.28. The molecule has 0 unspecified atom stereocenters. The maximum absolute atomic E-state index is 12.9. The van der Waals surface area contributed by atoms with E-state index >= 15 is 0 Å². The molecule has 0 saturated carbocycles. The number of ether oxygens (including phenoxy) is 8. The number of nitrogens with one attached hydrogen (secondary N) is 2. The minimum Gasteiger partial charge on any atom is -0.477 e. The van der Waals surface area contributed by atoms with Crippen LogP contribution in [0.3, 0.4) is 0 Å². The second-order valence-corrected chi connectivity index (χ2v) is 14.6. The van der Waals surface area contributed by atoms with Crippen molar-refractivity contribution in [1.82, 2.24) is 10.6 Å². The summed E-state index contributed by atoms with van der Waals surface area (Å²) < 4.78 is 46.4. The summed E-state index contributed by atoms with van der Waals surface area (Å²) in [5.74, 6) is -6.59. The fraction of sp³-hybridized carbons (Fsp3) is 0.853. The van der Waals surface area contributed by atoms with Crippen LogP contribution in [-0.4, -0.2) is 234 Å². The molecule has 0 spiro atoms. The molecule has 0 bridgehead atoms. The third-order valence-electron chi connectivity index (χ3n) is 10.3. The van der Waals surface area contributed by atoms with E-state index in [1.807, 2.05) is 0 Å². The largest absolute Gasteiger partial charge is 0.477 e. The minimum absolute atomic E-state index is 0.175. The summed E-state index contributed by atoms with van der Waals surface area (Å²) in [6.07, 6.45) is -32.9. The molecule has 0 radical (unpaired) electrons. The predicted molar refractivity (Wildman–Crippen MR) is 187 cm³/mol. The summed E-state index contributed by atoms with van der Waals surface area (Å²) in [4.78, 5) is 37.4. The number of carboxylic acid groups (broad SMARTS) is 1. The number of carbonyl (C=O) groups is 3. The zero-order valence-corrected chi connectivity index (χ0v) is 32.2. The van der Waals surface area contributed by atoms with Crippen LogP contribution in [-0.2, 0) is 52.3 Å². The summed E-state index contributed by atoms with van der Waals surface area (Å²) in [7, 11) is 0. The lowest BCUT2D eigenvalue weighted by Gasteiger charge is -2.51. The van der Waals surface area contributed by atoms with Crippen LogP contribution < -0.4 is 10.6 Å². The van der Waals surface area contributed by atoms with Gasteiger partial charge in [0.25, 0.3) is 5.79 Å². The normalized spacial score (nSPS) is 43.9. The predicted octanol–water partition coefficient (Wildman–Crippen LogP) is -8.02. The SMILES string of the molecule is C=CCO[C@@H]1O[C@H](CO)[C@@H](O[C@@H]2O[C@H](CO)[C@H](O)[C@H](O[C@]3(C(=O)O)C[C@H](O)[C@@H](NC(C)=O)[C@@H]([C@H](O)[C@H](O)CO)O3)[C@H]2O)[C@H](O[C@@H]2O[C@@H](C)[C@@H](O)[C@@H](O)[C@@H]2O)[C@H]1NC(C)=O. The molecule has 340 valence electrons. The van der Waals surface area contributed by atoms with Crippen molar-refractivity contribution < 1.29 is 114 Å². The van der Waals surface area contributed by atoms with Crippen LogP contribution in [0, 0.1) is 0 Å². The van der Waals surface area contributed by atoms with Crippen LogP contribution in [0.2, 0.25) is 0 Å². The summed E-state index contributed by atoms with van der Waals surface area (Å²) in [6.45, 7) is 3.86. The summed E-state index contributed by atoms with van der Waals surface area (Å²) in [6, 6.07) is -3.02. The monoisotopic (exact) mass is 860 g/mol. The van der Waals surface area contributed by atoms with E-state index in [1.165, 1.54) is 13.0 Å². The minimum atomic E-state index is -3.11. The van der Waals surface area contributed by atoms with Gasteiger partial charge in [0, 0.05) is 20.3 Å². The summed E-state index contributed by atoms with van der Waals surface area (Å²) >= 11 is 0. The zero-order chi connectivity index (χ0) is 44.1. The van der Waals surface area contributed by atoms with Gasteiger partial charge in [0.15, 0.2) is 18.9 Å². The number of aliphatic hydroxyl groups is 11. The Morgan fingerprint density at radius 1 is 0.780 bits per heavy atom. The number of aliphatic hydroxyl groups excluding tert-OH is 11. The van der Waals surface area contributed by atoms with Gasteiger partial charge in [0.1, 0.15) is 85.4 Å². The van der Waals surface area contributed by atoms with Gasteiger partial charge in [-0.15, -0.1) is 6.58 Å². The molecule has 25 nitrogen and oxygen atoms in total. The Hall–Kier alpha value is -2.61. The third-order valence-corrected chi connectivity index (χ3v) is 10.3. The molecule has 4 aliphatic rings. The molecule has 4 saturated heterocycles. The molecular weight excluding hydrogens is 804 g/mol. The van der Waals surface area contributed by atoms with Crippen molar-refractivity contribution in [3.05, 3.63) is 12.7 Å². The molecule has 4 aliphatic heterocycles. The first kappa shape index (κ1) is 49.0. The van der Waals surface area contributed by atoms with E-state index in [9.17, 15) is 75.7 Å². The second-order valence-electron chi connectivity index (χ2n) is 14.6. The fourth-order valence-electron chi connectivity index (χ4n) is 7.28. The van der Waals surface area contributed by atoms with E-state index in [0.717, 1.165) is 13.8 Å². The van der Waals surface area contributed by atoms with Crippen LogP contribution in [0.5, 0.6) is 0 Å². The Bertz CT molecular complexity index is 1420. The Kier molecular flexibility index (Phi) is 17.4. The molecule has 2 amide bonds. The Morgan fingerprint density at radius 3 is 1.92 bits per heavy atom. The van der Waals surface area contributed by atoms with Gasteiger partial charge >= 0.3 is 5.97 Å². The smallest absolute Gasteiger partial charge is 0.364 e. The standard InChI is InChI=1S/C34H56N2O23/c1-5-6-52-30-19(36-13(4)41)28(57-31-24(48)23(47)20(44)11(2)53-31)26(17(10-39)55-30)56-32-25(49)29(22(46)16(9-38)54-32)59-34(33(50)51)7-14(42)18(35-12(3)40)27(58-34)21(45)15(43)8-37/h5,11,14-32,37-39,42-49H,1,6-10H2,2-4H3,(H,35,40)(H,36,41)(H,50,51)/t11-,14-,15+,16+,17+,18+,19+,20+,21+,22-,23+,24-,25+,26+,27-,28+,29-,30+,31-,32-,34-/m0/s1. The molecule has 25 heteroatoms. The summed E-state index contributed by atoms with van der Waals surface area (Å²) in [5.41, 5.74) is 0. The molecule has 59 heavy (non-hydrogen) atoms. The van der Waals surface area contributed by atoms with Gasteiger partial charge in [0.05, 0.1) is 44.7 Å². The first-order valence-corrected chi connectivity index (χ1v) is 18.7. The molecule has 14 N–H and O–H groups in total. The number of aliphatic carboxylic acids is 1. The molecule has 0 aliphatic carbocycles. The van der Waals surface area contributed by atoms with E-state index < -0.39 is 172 Å². The second kappa shape index (κ2) is 21.0. The molecule has 0 aromatic rings. The third kappa shape index (κ3) is 10.9. The average molecular weight is 861 g/mol. The van der Waals surface area contributed by atoms with Crippen molar-refractivity contribution in [2.24, 2.45) is 0 Å². The maximum Gasteiger partial charge on any atom is 0.364 e. The molecule has 0 aromatic heterocycles. The van der Waals surface area contributed by atoms with E-state index in [1.54, 1.807) is 0 Å². The van der Waals surface area contributed by atoms with E-state index in [0.29, 0.717) is 0 Å². The van der Waals surface area contributed by atoms with Crippen molar-refractivity contribution in [3.8, 4) is 0 Å². The number of hydrogen-bond acceptors (Lipinski definition) is 22. The van der Waals surface area contributed by atoms with Gasteiger partial charge in [-0.2, -0.15) is 0 Å². The number of amides is 2. The van der Waals surface area contributed by atoms with E-state index in [-0.39, 0.29) is 6.61 Å². The van der Waals surface area contributed by atoms with Gasteiger partial charge in [0.2, 0.25) is 11.8 Å². The number of carbonyl (C=O) groups excluding carboxylic acids is 2. The maximum atomic E-state index is 12.9. The van der Waals surface area contributed by atoms with Gasteiger partial charge in [-0.3, -0.25) is 9.59 Å². The van der Waals surface area contributed by atoms with Gasteiger partial charge in [-0.25, -0.2) is 4.79 Å². The first-order valence-electron chi connectivity index (χ1n) is 18.7. The van der Waals surface area contributed by atoms with Crippen molar-refractivity contribution in [2.45, 2.75) is 155 Å². The van der Waals surface area contributed by atoms with Crippen LogP contribution in [0.25, 0.3) is 0 Å². The Morgan fingerprint density at radius 2 is 1.36 bits per heavy atom. The van der Waals surface area contributed by atoms with Crippen LogP contribution in [0.4, 0.5) is 0 Å². The van der Waals surface area contributed by atoms with Gasteiger partial charge in [-0.1, -0.05) is 6.08 Å². The quantitative estimate of drug-likeness (QED) is 0.0604. The number of carboxylic acids is 1. The van der Waals surface area contributed by atoms with E-state index in [2.05, 4.69) is 17.2 Å². The van der Waals surface area contributed by atoms with Gasteiger partial charge in [-0.05, 0) is 6.92 Å². The van der Waals surface area contributed by atoms with Gasteiger partial charge < -0.3 is 110 Å². The summed E-state index contributed by atoms with van der Waals surface area (Å²) in [5, 5.41) is 132. The van der Waals surface area contributed by atoms with Crippen molar-refractivity contribution in [2.75, 3.05) is 26.4 Å². The Balaban J connectivity index is 1.74. The molecule has 0 aromatic carbocycles. The highest BCUT2D eigenvalue weighted by molar-refractivity contribution is 5.76. The van der Waals surface area contributed by atoms with Crippen molar-refractivity contribution in [3.63, 3.8) is 0 Å². The lowest BCUT2D eigenvalue weighted by atomic mass is 9.88. The Labute approximate surface area is 336 Å². The highest BCUT2D eigenvalue weighted by Gasteiger charge is 2.61. The average Bonchev–Trinajstić information content (AvgIpc) is 3.19. The number of rotatable bonds is 17. The van der Waals surface area contributed by atoms with Crippen molar-refractivity contribution in [1.29, 1.82) is 0 Å². The highest BCUT2D eigenvalue weighted by atomic mass is 16.8. The lowest BCUT2D eigenvalue weighted by Crippen LogP contribution is -2.71. The molecule has 4 rings (SSSR count). The van der Waals surface area contributed by atoms with E-state index in [4.69, 9.17) is 37.9 Å². The molecule has 21 atom stereocenters.